The second kappa shape index (κ2) is 29.1. The van der Waals surface area contributed by atoms with Crippen LogP contribution in [-0.2, 0) is 52.5 Å². The molecule has 0 aromatic heterocycles. The van der Waals surface area contributed by atoms with Crippen LogP contribution >= 0.6 is 0 Å². The summed E-state index contributed by atoms with van der Waals surface area (Å²) < 4.78 is 26.8. The number of carboxylic acids is 2. The summed E-state index contributed by atoms with van der Waals surface area (Å²) in [5.41, 5.74) is -0.516. The van der Waals surface area contributed by atoms with E-state index in [9.17, 15) is 48.9 Å². The number of nitrogens with one attached hydrogen (secondary N) is 2. The second-order valence-electron chi connectivity index (χ2n) is 26.1. The average molecular weight is 1110 g/mol. The lowest BCUT2D eigenvalue weighted by Gasteiger charge is -2.61. The molecule has 18 nitrogen and oxygen atoms in total. The molecule has 6 aliphatic rings. The number of ether oxygens (including phenoxy) is 5. The Morgan fingerprint density at radius 3 is 1.81 bits per heavy atom. The molecule has 6 saturated carbocycles. The first-order valence-corrected chi connectivity index (χ1v) is 29.9. The number of rotatable bonds is 24. The molecular weight excluding hydrogens is 1000 g/mol. The fourth-order valence-corrected chi connectivity index (χ4v) is 14.4. The van der Waals surface area contributed by atoms with Gasteiger partial charge in [-0.05, 0) is 190 Å². The van der Waals surface area contributed by atoms with Crippen LogP contribution in [0.25, 0.3) is 0 Å². The number of amides is 1. The summed E-state index contributed by atoms with van der Waals surface area (Å²) in [5.74, 6) is -1.01. The number of esters is 4. The fourth-order valence-electron chi connectivity index (χ4n) is 14.4. The lowest BCUT2D eigenvalue weighted by atomic mass is 9.44. The van der Waals surface area contributed by atoms with Gasteiger partial charge in [0.05, 0.1) is 35.1 Å². The third-order valence-electron chi connectivity index (χ3n) is 20.3. The molecule has 0 aromatic carbocycles. The summed E-state index contributed by atoms with van der Waals surface area (Å²) in [5, 5.41) is 44.6. The Labute approximate surface area is 464 Å². The molecule has 0 radical (unpaired) electrons. The number of aliphatic hydroxyl groups excluding tert-OH is 2. The zero-order chi connectivity index (χ0) is 57.6. The van der Waals surface area contributed by atoms with E-state index in [0.717, 1.165) is 56.3 Å². The first kappa shape index (κ1) is 64.8. The van der Waals surface area contributed by atoms with Crippen molar-refractivity contribution >= 4 is 41.9 Å². The monoisotopic (exact) mass is 1100 g/mol. The third kappa shape index (κ3) is 17.2. The molecule has 1 amide bonds. The first-order valence-electron chi connectivity index (χ1n) is 29.9. The van der Waals surface area contributed by atoms with Gasteiger partial charge in [0, 0.05) is 19.0 Å². The lowest BCUT2D eigenvalue weighted by molar-refractivity contribution is -0.168. The van der Waals surface area contributed by atoms with Crippen LogP contribution in [0, 0.1) is 74.9 Å². The highest BCUT2D eigenvalue weighted by Crippen LogP contribution is 2.68. The van der Waals surface area contributed by atoms with Crippen molar-refractivity contribution in [3.05, 3.63) is 0 Å². The van der Waals surface area contributed by atoms with Gasteiger partial charge < -0.3 is 54.7 Å². The molecule has 0 aromatic rings. The Kier molecular flexibility index (Phi) is 24.2. The second-order valence-corrected chi connectivity index (χ2v) is 26.1. The van der Waals surface area contributed by atoms with Gasteiger partial charge >= 0.3 is 41.9 Å². The largest absolute Gasteiger partial charge is 0.481 e. The first-order chi connectivity index (χ1) is 36.8. The molecular formula is C60H100N2O16. The summed E-state index contributed by atoms with van der Waals surface area (Å²) in [6.45, 7) is 18.2. The summed E-state index contributed by atoms with van der Waals surface area (Å²) in [4.78, 5) is 84.3. The molecule has 446 valence electrons. The van der Waals surface area contributed by atoms with E-state index in [1.165, 1.54) is 38.5 Å². The zero-order valence-electron chi connectivity index (χ0n) is 48.8. The average Bonchev–Trinajstić information content (AvgIpc) is 3.81. The number of carboxylic acid groups (broad SMARTS) is 2. The number of alkyl carbamates (subject to hydrolysis) is 1. The minimum Gasteiger partial charge on any atom is -0.481 e. The van der Waals surface area contributed by atoms with Gasteiger partial charge in [-0.3, -0.25) is 28.8 Å². The van der Waals surface area contributed by atoms with Crippen molar-refractivity contribution in [3.8, 4) is 0 Å². The number of hydrogen-bond donors (Lipinski definition) is 6. The highest BCUT2D eigenvalue weighted by Gasteiger charge is 2.61. The van der Waals surface area contributed by atoms with Crippen LogP contribution in [0.3, 0.4) is 0 Å². The maximum absolute atomic E-state index is 12.7. The molecule has 6 fully saturated rings. The summed E-state index contributed by atoms with van der Waals surface area (Å²) in [6.07, 6.45) is 15.5. The van der Waals surface area contributed by atoms with E-state index < -0.39 is 70.8 Å². The highest BCUT2D eigenvalue weighted by molar-refractivity contribution is 5.82. The zero-order valence-corrected chi connectivity index (χ0v) is 48.8. The molecule has 13 atom stereocenters. The predicted octanol–water partition coefficient (Wildman–Crippen LogP) is 9.03. The number of carbonyl (C=O) groups excluding carboxylic acids is 5. The summed E-state index contributed by atoms with van der Waals surface area (Å²) >= 11 is 0. The van der Waals surface area contributed by atoms with Gasteiger partial charge in [-0.25, -0.2) is 4.79 Å². The quantitative estimate of drug-likeness (QED) is 0.0299. The molecule has 0 bridgehead atoms. The maximum Gasteiger partial charge on any atom is 0.407 e. The lowest BCUT2D eigenvalue weighted by Crippen LogP contribution is -2.54. The van der Waals surface area contributed by atoms with E-state index in [1.807, 2.05) is 27.7 Å². The van der Waals surface area contributed by atoms with Gasteiger partial charge in [0.1, 0.15) is 44.7 Å². The SMILES string of the molecule is CCC(C)(C)C(=O)OCC(O)COC(=O)C1CCCCC1C(=O)OCC(O)CNC1CCC(C(=O)O)CC1.CCC(C)(C)C(=O)OCCNC(=O)OC1CCC2(C)C(CCC3C2CCC2(C)C(C(C)CCC(=O)O)CCC32)C1. The van der Waals surface area contributed by atoms with Crippen LogP contribution in [0.1, 0.15) is 197 Å². The van der Waals surface area contributed by atoms with Gasteiger partial charge in [0.25, 0.3) is 0 Å². The van der Waals surface area contributed by atoms with Crippen LogP contribution < -0.4 is 10.6 Å². The molecule has 6 N–H and O–H groups in total. The van der Waals surface area contributed by atoms with Crippen LogP contribution in [-0.4, -0.2) is 126 Å². The minimum atomic E-state index is -1.17. The topological polar surface area (TPSA) is 271 Å². The molecule has 0 saturated heterocycles. The van der Waals surface area contributed by atoms with Crippen LogP contribution in [0.2, 0.25) is 0 Å². The number of aliphatic carboxylic acids is 2. The maximum atomic E-state index is 12.7. The Morgan fingerprint density at radius 1 is 0.654 bits per heavy atom. The summed E-state index contributed by atoms with van der Waals surface area (Å²) in [6, 6.07) is 0.116. The minimum absolute atomic E-state index is 0.0454. The smallest absolute Gasteiger partial charge is 0.407 e. The molecule has 6 aliphatic carbocycles. The fraction of sp³-hybridized carbons (Fsp3) is 0.883. The number of fused-ring (bicyclic) bond motifs is 5. The van der Waals surface area contributed by atoms with Crippen molar-refractivity contribution in [2.45, 2.75) is 222 Å². The van der Waals surface area contributed by atoms with Gasteiger partial charge in [-0.15, -0.1) is 0 Å². The third-order valence-corrected chi connectivity index (χ3v) is 20.3. The van der Waals surface area contributed by atoms with Crippen molar-refractivity contribution in [3.63, 3.8) is 0 Å². The molecule has 0 heterocycles. The van der Waals surface area contributed by atoms with Crippen LogP contribution in [0.5, 0.6) is 0 Å². The Morgan fingerprint density at radius 2 is 1.22 bits per heavy atom. The van der Waals surface area contributed by atoms with Crippen LogP contribution in [0.4, 0.5) is 4.79 Å². The molecule has 0 spiro atoms. The standard InChI is InChI=1S/C33H55NO6.C27H45NO10/c1-7-31(3,4)29(37)39-19-18-34-30(38)40-23-14-16-32(5)22(20-23)9-10-24-26-12-11-25(21(2)8-13-28(35)36)33(26,6)17-15-27(24)32;1-4-27(2,3)26(35)38-16-20(30)15-37-25(34)22-8-6-5-7-21(22)24(33)36-14-19(29)13-28-18-11-9-17(10-12-18)23(31)32/h21-27H,7-20H2,1-6H3,(H,34,38)(H,35,36);17-22,28-30H,4-16H2,1-3H3,(H,31,32). The van der Waals surface area contributed by atoms with Crippen molar-refractivity contribution in [2.75, 3.05) is 39.5 Å². The molecule has 6 rings (SSSR count). The van der Waals surface area contributed by atoms with E-state index in [2.05, 4.69) is 31.4 Å². The Bertz CT molecular complexity index is 2000. The number of carbonyl (C=O) groups is 7. The van der Waals surface area contributed by atoms with E-state index in [4.69, 9.17) is 28.8 Å². The molecule has 0 aliphatic heterocycles. The highest BCUT2D eigenvalue weighted by atomic mass is 16.6. The van der Waals surface area contributed by atoms with Crippen LogP contribution in [0.15, 0.2) is 0 Å². The van der Waals surface area contributed by atoms with E-state index in [0.29, 0.717) is 80.0 Å². The van der Waals surface area contributed by atoms with E-state index >= 15 is 0 Å². The normalized spacial score (nSPS) is 31.9. The van der Waals surface area contributed by atoms with Gasteiger partial charge in [-0.2, -0.15) is 0 Å². The Hall–Kier alpha value is -4.03. The number of hydrogen-bond acceptors (Lipinski definition) is 15. The molecule has 78 heavy (non-hydrogen) atoms. The van der Waals surface area contributed by atoms with Gasteiger partial charge in [0.2, 0.25) is 0 Å². The summed E-state index contributed by atoms with van der Waals surface area (Å²) in [7, 11) is 0. The predicted molar refractivity (Wildman–Crippen MR) is 290 cm³/mol. The molecule has 18 heteroatoms. The molecule has 13 unspecified atom stereocenters. The van der Waals surface area contributed by atoms with E-state index in [1.54, 1.807) is 13.8 Å². The van der Waals surface area contributed by atoms with Crippen molar-refractivity contribution in [2.24, 2.45) is 74.9 Å². The Balaban J connectivity index is 0.000000288. The number of aliphatic hydroxyl groups is 2. The van der Waals surface area contributed by atoms with Crippen molar-refractivity contribution in [1.82, 2.24) is 10.6 Å². The van der Waals surface area contributed by atoms with Gasteiger partial charge in [0.15, 0.2) is 0 Å². The van der Waals surface area contributed by atoms with Gasteiger partial charge in [-0.1, -0.05) is 47.5 Å². The van der Waals surface area contributed by atoms with E-state index in [-0.39, 0.29) is 70.0 Å². The van der Waals surface area contributed by atoms with Crippen molar-refractivity contribution < 1.29 is 77.7 Å². The van der Waals surface area contributed by atoms with Crippen molar-refractivity contribution in [1.29, 1.82) is 0 Å².